The Morgan fingerprint density at radius 2 is 1.22 bits per heavy atom. The van der Waals surface area contributed by atoms with Gasteiger partial charge in [0, 0.05) is 0 Å². The van der Waals surface area contributed by atoms with Gasteiger partial charge in [-0.25, -0.2) is 9.18 Å². The number of alkyl halides is 10. The summed E-state index contributed by atoms with van der Waals surface area (Å²) in [4.78, 5) is 9.74. The van der Waals surface area contributed by atoms with E-state index in [0.717, 1.165) is 0 Å². The average molecular weight is 344 g/mol. The minimum Gasteiger partial charge on any atom is -0.445 e. The second kappa shape index (κ2) is 5.09. The normalized spacial score (nSPS) is 16.3. The summed E-state index contributed by atoms with van der Waals surface area (Å²) in [6.45, 7) is 0.181. The van der Waals surface area contributed by atoms with Crippen LogP contribution in [0.5, 0.6) is 0 Å². The van der Waals surface area contributed by atoms with Crippen LogP contribution in [0.2, 0.25) is 0 Å². The molecule has 0 spiro atoms. The fraction of sp³-hybridized carbons (Fsp3) is 0.833. The second-order valence-electron chi connectivity index (χ2n) is 2.83. The molecule has 0 fully saturated rings. The van der Waals surface area contributed by atoms with Crippen LogP contribution in [0.15, 0.2) is 0 Å². The number of hydrogen-bond donors (Lipinski definition) is 0. The van der Waals surface area contributed by atoms with Crippen molar-refractivity contribution in [3.8, 4) is 0 Å². The Labute approximate surface area is 110 Å². The van der Waals surface area contributed by atoms with Crippen molar-refractivity contribution in [3.63, 3.8) is 0 Å². The maximum Gasteiger partial charge on any atom is 0.435 e. The highest BCUT2D eigenvalue weighted by Crippen LogP contribution is 2.54. The van der Waals surface area contributed by atoms with Crippen molar-refractivity contribution in [2.24, 2.45) is 0 Å². The molecule has 0 saturated heterocycles. The summed E-state index contributed by atoms with van der Waals surface area (Å²) < 4.78 is 86.4. The Morgan fingerprint density at radius 1 is 0.889 bits per heavy atom. The highest BCUT2D eigenvalue weighted by Gasteiger charge is 2.80. The predicted octanol–water partition coefficient (Wildman–Crippen LogP) is 3.64. The molecule has 1 unspecified atom stereocenters. The molecule has 2 nitrogen and oxygen atoms in total. The van der Waals surface area contributed by atoms with Crippen LogP contribution in [-0.2, 0) is 9.53 Å². The van der Waals surface area contributed by atoms with Crippen molar-refractivity contribution in [3.05, 3.63) is 0 Å². The number of ether oxygens (including phenoxy) is 1. The monoisotopic (exact) mass is 343 g/mol. The van der Waals surface area contributed by atoms with Crippen LogP contribution in [0.4, 0.5) is 30.7 Å². The molecule has 0 aliphatic carbocycles. The van der Waals surface area contributed by atoms with Crippen LogP contribution in [0.3, 0.4) is 0 Å². The van der Waals surface area contributed by atoms with E-state index >= 15 is 0 Å². The lowest BCUT2D eigenvalue weighted by atomic mass is 9.98. The standard InChI is InChI=1S/C6HCl3F7O2/c7-4(8,9)2(18-1-17)3(10,5(11,12)13)6(14,15)16/h2H. The fourth-order valence-electron chi connectivity index (χ4n) is 0.880. The van der Waals surface area contributed by atoms with Gasteiger partial charge in [0.1, 0.15) is 0 Å². The molecule has 18 heavy (non-hydrogen) atoms. The largest absolute Gasteiger partial charge is 0.445 e. The van der Waals surface area contributed by atoms with Crippen molar-refractivity contribution in [1.29, 1.82) is 0 Å². The zero-order chi connectivity index (χ0) is 15.0. The van der Waals surface area contributed by atoms with Gasteiger partial charge in [0.25, 0.3) is 0 Å². The van der Waals surface area contributed by atoms with E-state index in [1.54, 1.807) is 0 Å². The van der Waals surface area contributed by atoms with Gasteiger partial charge in [-0.1, -0.05) is 34.8 Å². The highest BCUT2D eigenvalue weighted by atomic mass is 35.6. The predicted molar refractivity (Wildman–Crippen MR) is 46.8 cm³/mol. The minimum atomic E-state index is -6.53. The Balaban J connectivity index is 5.92. The van der Waals surface area contributed by atoms with Crippen LogP contribution in [0.1, 0.15) is 0 Å². The molecule has 0 heterocycles. The molecule has 0 aromatic rings. The van der Waals surface area contributed by atoms with Crippen LogP contribution in [0, 0.1) is 0 Å². The molecular weight excluding hydrogens is 343 g/mol. The van der Waals surface area contributed by atoms with Gasteiger partial charge in [0.05, 0.1) is 0 Å². The maximum absolute atomic E-state index is 13.3. The van der Waals surface area contributed by atoms with E-state index in [4.69, 9.17) is 34.8 Å². The second-order valence-corrected chi connectivity index (χ2v) is 5.20. The molecule has 0 N–H and O–H groups in total. The van der Waals surface area contributed by atoms with Gasteiger partial charge in [-0.15, -0.1) is 0 Å². The summed E-state index contributed by atoms with van der Waals surface area (Å²) in [5, 5.41) is 0. The van der Waals surface area contributed by atoms with E-state index in [1.165, 1.54) is 0 Å². The highest BCUT2D eigenvalue weighted by molar-refractivity contribution is 6.68. The first kappa shape index (κ1) is 17.8. The molecule has 0 rings (SSSR count). The van der Waals surface area contributed by atoms with E-state index in [9.17, 15) is 35.5 Å². The van der Waals surface area contributed by atoms with E-state index in [1.807, 2.05) is 0 Å². The third-order valence-electron chi connectivity index (χ3n) is 1.65. The number of hydrogen-bond acceptors (Lipinski definition) is 2. The van der Waals surface area contributed by atoms with Crippen molar-refractivity contribution >= 4 is 41.3 Å². The SMILES string of the molecule is O=[C]OC(C(Cl)(Cl)Cl)C(F)(C(F)(F)F)C(F)(F)F. The van der Waals surface area contributed by atoms with Gasteiger partial charge in [-0.2, -0.15) is 26.3 Å². The average Bonchev–Trinajstić information content (AvgIpc) is 2.07. The lowest BCUT2D eigenvalue weighted by Crippen LogP contribution is -2.65. The van der Waals surface area contributed by atoms with E-state index < -0.39 is 27.9 Å². The molecule has 0 aliphatic rings. The number of carbonyl (C=O) groups excluding carboxylic acids is 1. The minimum absolute atomic E-state index is 0.181. The molecule has 0 aliphatic heterocycles. The Hall–Kier alpha value is -0.150. The number of halogens is 10. The summed E-state index contributed by atoms with van der Waals surface area (Å²) in [5.41, 5.74) is -6.05. The Morgan fingerprint density at radius 3 is 1.39 bits per heavy atom. The van der Waals surface area contributed by atoms with Gasteiger partial charge in [0.2, 0.25) is 9.90 Å². The summed E-state index contributed by atoms with van der Waals surface area (Å²) in [6.07, 6.45) is -16.9. The van der Waals surface area contributed by atoms with Crippen molar-refractivity contribution in [2.45, 2.75) is 27.9 Å². The Bertz CT molecular complexity index is 294. The van der Waals surface area contributed by atoms with E-state index in [0.29, 0.717) is 0 Å². The molecular formula is C6HCl3F7O2. The van der Waals surface area contributed by atoms with Gasteiger partial charge >= 0.3 is 24.5 Å². The summed E-state index contributed by atoms with van der Waals surface area (Å²) in [7, 11) is 0. The molecule has 0 amide bonds. The third kappa shape index (κ3) is 3.24. The lowest BCUT2D eigenvalue weighted by molar-refractivity contribution is -0.362. The first-order valence-electron chi connectivity index (χ1n) is 3.61. The Kier molecular flexibility index (Phi) is 5.04. The topological polar surface area (TPSA) is 26.3 Å². The maximum atomic E-state index is 13.3. The summed E-state index contributed by atoms with van der Waals surface area (Å²) >= 11 is 14.3. The molecule has 1 atom stereocenters. The lowest BCUT2D eigenvalue weighted by Gasteiger charge is -2.37. The van der Waals surface area contributed by atoms with Crippen molar-refractivity contribution < 1.29 is 40.3 Å². The quantitative estimate of drug-likeness (QED) is 0.577. The van der Waals surface area contributed by atoms with Gasteiger partial charge in [-0.05, 0) is 0 Å². The summed E-state index contributed by atoms with van der Waals surface area (Å²) in [5.74, 6) is 0. The van der Waals surface area contributed by atoms with Crippen LogP contribution >= 0.6 is 34.8 Å². The van der Waals surface area contributed by atoms with Crippen LogP contribution in [0.25, 0.3) is 0 Å². The van der Waals surface area contributed by atoms with Crippen molar-refractivity contribution in [2.75, 3.05) is 0 Å². The van der Waals surface area contributed by atoms with E-state index in [-0.39, 0.29) is 6.47 Å². The van der Waals surface area contributed by atoms with Gasteiger partial charge in [-0.3, -0.25) is 0 Å². The summed E-state index contributed by atoms with van der Waals surface area (Å²) in [6, 6.07) is 0. The van der Waals surface area contributed by atoms with E-state index in [2.05, 4.69) is 4.74 Å². The van der Waals surface area contributed by atoms with Crippen LogP contribution < -0.4 is 0 Å². The number of rotatable bonds is 3. The molecule has 12 heteroatoms. The first-order chi connectivity index (χ1) is 7.69. The molecule has 0 aromatic carbocycles. The van der Waals surface area contributed by atoms with Gasteiger partial charge < -0.3 is 4.74 Å². The van der Waals surface area contributed by atoms with Crippen LogP contribution in [-0.4, -0.2) is 34.4 Å². The first-order valence-corrected chi connectivity index (χ1v) is 4.75. The molecule has 1 radical (unpaired) electrons. The zero-order valence-electron chi connectivity index (χ0n) is 7.67. The smallest absolute Gasteiger partial charge is 0.435 e. The fourth-order valence-corrected chi connectivity index (χ4v) is 1.46. The molecule has 0 aromatic heterocycles. The third-order valence-corrected chi connectivity index (χ3v) is 2.24. The van der Waals surface area contributed by atoms with Gasteiger partial charge in [0.15, 0.2) is 0 Å². The molecule has 0 saturated carbocycles. The molecule has 0 bridgehead atoms. The molecule has 107 valence electrons. The van der Waals surface area contributed by atoms with Crippen molar-refractivity contribution in [1.82, 2.24) is 0 Å². The zero-order valence-corrected chi connectivity index (χ0v) is 9.94.